The quantitative estimate of drug-likeness (QED) is 0.727. The van der Waals surface area contributed by atoms with E-state index in [-0.39, 0.29) is 11.7 Å². The smallest absolute Gasteiger partial charge is 0.262 e. The van der Waals surface area contributed by atoms with Crippen LogP contribution in [-0.4, -0.2) is 21.8 Å². The molecule has 3 aromatic rings. The molecule has 0 spiro atoms. The first-order valence-electron chi connectivity index (χ1n) is 8.98. The average molecular weight is 394 g/mol. The van der Waals surface area contributed by atoms with Crippen LogP contribution in [0.25, 0.3) is 0 Å². The summed E-state index contributed by atoms with van der Waals surface area (Å²) in [6.07, 6.45) is 1.01. The molecule has 0 aromatic heterocycles. The predicted molar refractivity (Wildman–Crippen MR) is 107 cm³/mol. The second-order valence-corrected chi connectivity index (χ2v) is 8.38. The van der Waals surface area contributed by atoms with Gasteiger partial charge < -0.3 is 14.4 Å². The highest BCUT2D eigenvalue weighted by atomic mass is 32.2. The van der Waals surface area contributed by atoms with Crippen molar-refractivity contribution >= 4 is 27.1 Å². The molecule has 28 heavy (non-hydrogen) atoms. The van der Waals surface area contributed by atoms with Crippen molar-refractivity contribution in [1.82, 2.24) is 0 Å². The van der Waals surface area contributed by atoms with Crippen LogP contribution in [0.5, 0.6) is 11.5 Å². The normalized spacial score (nSPS) is 14.8. The molecule has 3 aromatic carbocycles. The Bertz CT molecular complexity index is 1140. The Morgan fingerprint density at radius 1 is 0.893 bits per heavy atom. The van der Waals surface area contributed by atoms with Crippen molar-refractivity contribution in [3.63, 3.8) is 0 Å². The van der Waals surface area contributed by atoms with E-state index in [9.17, 15) is 8.42 Å². The first-order valence-corrected chi connectivity index (χ1v) is 10.5. The van der Waals surface area contributed by atoms with E-state index >= 15 is 0 Å². The Labute approximate surface area is 163 Å². The first-order chi connectivity index (χ1) is 13.6. The molecule has 0 unspecified atom stereocenters. The van der Waals surface area contributed by atoms with Gasteiger partial charge in [0.15, 0.2) is 11.5 Å². The van der Waals surface area contributed by atoms with Gasteiger partial charge in [0, 0.05) is 29.7 Å². The number of fused-ring (bicyclic) bond motifs is 2. The monoisotopic (exact) mass is 394 g/mol. The second kappa shape index (κ2) is 6.45. The largest absolute Gasteiger partial charge is 0.454 e. The van der Waals surface area contributed by atoms with Gasteiger partial charge in [-0.25, -0.2) is 8.42 Å². The van der Waals surface area contributed by atoms with Gasteiger partial charge in [-0.05, 0) is 54.4 Å². The molecule has 0 amide bonds. The van der Waals surface area contributed by atoms with E-state index < -0.39 is 10.0 Å². The molecule has 0 saturated heterocycles. The van der Waals surface area contributed by atoms with Gasteiger partial charge in [-0.3, -0.25) is 4.72 Å². The molecule has 0 atom stereocenters. The zero-order valence-corrected chi connectivity index (χ0v) is 15.8. The fraction of sp³-hybridized carbons (Fsp3) is 0.143. The maximum absolute atomic E-state index is 12.7. The highest BCUT2D eigenvalue weighted by Crippen LogP contribution is 2.36. The van der Waals surface area contributed by atoms with Crippen LogP contribution in [0.1, 0.15) is 5.56 Å². The molecular formula is C21H18N2O4S. The first kappa shape index (κ1) is 16.9. The molecule has 2 aliphatic rings. The topological polar surface area (TPSA) is 67.9 Å². The number of rotatable bonds is 4. The van der Waals surface area contributed by atoms with Crippen LogP contribution in [0.4, 0.5) is 17.1 Å². The summed E-state index contributed by atoms with van der Waals surface area (Å²) in [5.41, 5.74) is 4.08. The Hall–Kier alpha value is -3.19. The van der Waals surface area contributed by atoms with E-state index in [1.54, 1.807) is 18.2 Å². The molecule has 5 rings (SSSR count). The summed E-state index contributed by atoms with van der Waals surface area (Å²) >= 11 is 0. The molecule has 0 bridgehead atoms. The number of sulfonamides is 1. The van der Waals surface area contributed by atoms with Crippen molar-refractivity contribution in [2.75, 3.05) is 23.0 Å². The van der Waals surface area contributed by atoms with Gasteiger partial charge >= 0.3 is 0 Å². The maximum atomic E-state index is 12.7. The highest BCUT2D eigenvalue weighted by Gasteiger charge is 2.22. The van der Waals surface area contributed by atoms with Crippen molar-refractivity contribution < 1.29 is 17.9 Å². The number of benzene rings is 3. The summed E-state index contributed by atoms with van der Waals surface area (Å²) in [5, 5.41) is 0. The summed E-state index contributed by atoms with van der Waals surface area (Å²) in [7, 11) is -3.71. The SMILES string of the molecule is O=S(=O)(Nc1ccc(N2CCc3ccccc32)cc1)c1ccc2c(c1)OCO2. The third-order valence-electron chi connectivity index (χ3n) is 4.97. The van der Waals surface area contributed by atoms with Crippen LogP contribution in [0, 0.1) is 0 Å². The van der Waals surface area contributed by atoms with Crippen LogP contribution in [-0.2, 0) is 16.4 Å². The molecule has 142 valence electrons. The van der Waals surface area contributed by atoms with Crippen LogP contribution >= 0.6 is 0 Å². The number of hydrogen-bond acceptors (Lipinski definition) is 5. The minimum absolute atomic E-state index is 0.105. The summed E-state index contributed by atoms with van der Waals surface area (Å²) in [6.45, 7) is 1.02. The zero-order chi connectivity index (χ0) is 19.1. The number of anilines is 3. The number of nitrogens with zero attached hydrogens (tertiary/aromatic N) is 1. The van der Waals surface area contributed by atoms with E-state index in [4.69, 9.17) is 9.47 Å². The molecule has 0 fully saturated rings. The van der Waals surface area contributed by atoms with E-state index in [0.29, 0.717) is 17.2 Å². The van der Waals surface area contributed by atoms with Crippen molar-refractivity contribution in [3.05, 3.63) is 72.3 Å². The van der Waals surface area contributed by atoms with Gasteiger partial charge in [0.2, 0.25) is 6.79 Å². The van der Waals surface area contributed by atoms with Crippen LogP contribution < -0.4 is 19.1 Å². The molecule has 0 saturated carbocycles. The highest BCUT2D eigenvalue weighted by molar-refractivity contribution is 7.92. The second-order valence-electron chi connectivity index (χ2n) is 6.70. The fourth-order valence-corrected chi connectivity index (χ4v) is 4.65. The van der Waals surface area contributed by atoms with E-state index in [1.807, 2.05) is 18.2 Å². The summed E-state index contributed by atoms with van der Waals surface area (Å²) in [6, 6.07) is 20.3. The van der Waals surface area contributed by atoms with Gasteiger partial charge in [-0.1, -0.05) is 18.2 Å². The molecule has 0 aliphatic carbocycles. The van der Waals surface area contributed by atoms with E-state index in [1.165, 1.54) is 23.4 Å². The van der Waals surface area contributed by atoms with Gasteiger partial charge in [0.25, 0.3) is 10.0 Å². The minimum atomic E-state index is -3.71. The molecule has 6 nitrogen and oxygen atoms in total. The predicted octanol–water partition coefficient (Wildman–Crippen LogP) is 3.91. The molecule has 2 heterocycles. The molecular weight excluding hydrogens is 376 g/mol. The summed E-state index contributed by atoms with van der Waals surface area (Å²) in [5.74, 6) is 0.986. The van der Waals surface area contributed by atoms with Gasteiger partial charge in [-0.2, -0.15) is 0 Å². The molecule has 2 aliphatic heterocycles. The Morgan fingerprint density at radius 2 is 1.68 bits per heavy atom. The van der Waals surface area contributed by atoms with Crippen molar-refractivity contribution in [3.8, 4) is 11.5 Å². The van der Waals surface area contributed by atoms with E-state index in [0.717, 1.165) is 18.7 Å². The van der Waals surface area contributed by atoms with Crippen LogP contribution in [0.3, 0.4) is 0 Å². The summed E-state index contributed by atoms with van der Waals surface area (Å²) in [4.78, 5) is 2.38. The standard InChI is InChI=1S/C21H18N2O4S/c24-28(25,18-9-10-20-21(13-18)27-14-26-20)22-16-5-7-17(8-6-16)23-12-11-15-3-1-2-4-19(15)23/h1-10,13,22H,11-12,14H2. The lowest BCUT2D eigenvalue weighted by Gasteiger charge is -2.20. The Kier molecular flexibility index (Phi) is 3.91. The zero-order valence-electron chi connectivity index (χ0n) is 15.0. The van der Waals surface area contributed by atoms with Crippen LogP contribution in [0.2, 0.25) is 0 Å². The third kappa shape index (κ3) is 2.93. The number of ether oxygens (including phenoxy) is 2. The van der Waals surface area contributed by atoms with Crippen molar-refractivity contribution in [1.29, 1.82) is 0 Å². The molecule has 7 heteroatoms. The lowest BCUT2D eigenvalue weighted by molar-refractivity contribution is 0.174. The lowest BCUT2D eigenvalue weighted by Crippen LogP contribution is -2.14. The fourth-order valence-electron chi connectivity index (χ4n) is 3.57. The van der Waals surface area contributed by atoms with Crippen LogP contribution in [0.15, 0.2) is 71.6 Å². The van der Waals surface area contributed by atoms with Gasteiger partial charge in [0.1, 0.15) is 0 Å². The average Bonchev–Trinajstić information content (AvgIpc) is 3.34. The Morgan fingerprint density at radius 3 is 2.54 bits per heavy atom. The van der Waals surface area contributed by atoms with Gasteiger partial charge in [0.05, 0.1) is 4.90 Å². The summed E-state index contributed by atoms with van der Waals surface area (Å²) < 4.78 is 38.5. The minimum Gasteiger partial charge on any atom is -0.454 e. The van der Waals surface area contributed by atoms with E-state index in [2.05, 4.69) is 27.8 Å². The van der Waals surface area contributed by atoms with Crippen molar-refractivity contribution in [2.45, 2.75) is 11.3 Å². The third-order valence-corrected chi connectivity index (χ3v) is 6.35. The molecule has 1 N–H and O–H groups in total. The number of para-hydroxylation sites is 1. The lowest BCUT2D eigenvalue weighted by atomic mass is 10.2. The molecule has 0 radical (unpaired) electrons. The maximum Gasteiger partial charge on any atom is 0.262 e. The number of hydrogen-bond donors (Lipinski definition) is 1. The van der Waals surface area contributed by atoms with Gasteiger partial charge in [-0.15, -0.1) is 0 Å². The number of nitrogens with one attached hydrogen (secondary N) is 1. The Balaban J connectivity index is 1.37. The van der Waals surface area contributed by atoms with Crippen molar-refractivity contribution in [2.24, 2.45) is 0 Å².